The standard InChI is InChI=1S/C20H17BrN4O5/c1-11(2)19-23-16-6-5-14(21)9-15(16)20(27)24(19)22-10-13-4-7-18(30-12(3)26)17(8-13)25(28)29/h4-11H,1-3H3. The fourth-order valence-electron chi connectivity index (χ4n) is 2.77. The highest BCUT2D eigenvalue weighted by Crippen LogP contribution is 2.27. The van der Waals surface area contributed by atoms with E-state index >= 15 is 0 Å². The molecule has 0 bridgehead atoms. The van der Waals surface area contributed by atoms with Crippen molar-refractivity contribution in [3.05, 3.63) is 72.7 Å². The van der Waals surface area contributed by atoms with Crippen LogP contribution in [0.2, 0.25) is 0 Å². The first-order valence-corrected chi connectivity index (χ1v) is 9.70. The van der Waals surface area contributed by atoms with Gasteiger partial charge >= 0.3 is 11.7 Å². The molecule has 0 N–H and O–H groups in total. The Labute approximate surface area is 179 Å². The van der Waals surface area contributed by atoms with Crippen molar-refractivity contribution >= 4 is 44.7 Å². The highest BCUT2D eigenvalue weighted by Gasteiger charge is 2.18. The minimum absolute atomic E-state index is 0.0939. The number of esters is 1. The number of benzene rings is 2. The summed E-state index contributed by atoms with van der Waals surface area (Å²) in [7, 11) is 0. The molecule has 0 aliphatic rings. The van der Waals surface area contributed by atoms with E-state index < -0.39 is 10.9 Å². The van der Waals surface area contributed by atoms with Gasteiger partial charge in [0.15, 0.2) is 0 Å². The average molecular weight is 473 g/mol. The average Bonchev–Trinajstić information content (AvgIpc) is 2.67. The molecule has 0 radical (unpaired) electrons. The first-order valence-electron chi connectivity index (χ1n) is 8.90. The second-order valence-electron chi connectivity index (χ2n) is 6.73. The van der Waals surface area contributed by atoms with Gasteiger partial charge in [-0.1, -0.05) is 29.8 Å². The van der Waals surface area contributed by atoms with Gasteiger partial charge in [0.05, 0.1) is 22.0 Å². The molecule has 0 saturated carbocycles. The predicted molar refractivity (Wildman–Crippen MR) is 115 cm³/mol. The number of carbonyl (C=O) groups excluding carboxylic acids is 1. The second-order valence-corrected chi connectivity index (χ2v) is 7.64. The number of aromatic nitrogens is 2. The smallest absolute Gasteiger partial charge is 0.312 e. The summed E-state index contributed by atoms with van der Waals surface area (Å²) in [5.74, 6) is -0.469. The van der Waals surface area contributed by atoms with Crippen LogP contribution >= 0.6 is 15.9 Å². The Morgan fingerprint density at radius 3 is 2.67 bits per heavy atom. The highest BCUT2D eigenvalue weighted by molar-refractivity contribution is 9.10. The minimum Gasteiger partial charge on any atom is -0.419 e. The number of fused-ring (bicyclic) bond motifs is 1. The van der Waals surface area contributed by atoms with Crippen LogP contribution in [0.1, 0.15) is 38.1 Å². The number of rotatable bonds is 5. The van der Waals surface area contributed by atoms with Crippen LogP contribution in [0.25, 0.3) is 10.9 Å². The largest absolute Gasteiger partial charge is 0.419 e. The molecule has 30 heavy (non-hydrogen) atoms. The first kappa shape index (κ1) is 21.3. The number of nitrogens with zero attached hydrogens (tertiary/aromatic N) is 4. The Bertz CT molecular complexity index is 1250. The van der Waals surface area contributed by atoms with Crippen molar-refractivity contribution in [1.29, 1.82) is 0 Å². The van der Waals surface area contributed by atoms with Gasteiger partial charge in [-0.25, -0.2) is 4.98 Å². The van der Waals surface area contributed by atoms with Gasteiger partial charge < -0.3 is 4.74 Å². The van der Waals surface area contributed by atoms with Gasteiger partial charge in [-0.3, -0.25) is 19.7 Å². The van der Waals surface area contributed by atoms with Gasteiger partial charge in [0, 0.05) is 28.9 Å². The Kier molecular flexibility index (Phi) is 6.06. The van der Waals surface area contributed by atoms with Crippen LogP contribution in [0, 0.1) is 10.1 Å². The summed E-state index contributed by atoms with van der Waals surface area (Å²) in [5, 5.41) is 15.9. The SMILES string of the molecule is CC(=O)Oc1ccc(C=Nn2c(C(C)C)nc3ccc(Br)cc3c2=O)cc1[N+](=O)[O-]. The maximum atomic E-state index is 13.0. The summed E-state index contributed by atoms with van der Waals surface area (Å²) in [6.07, 6.45) is 1.32. The zero-order valence-electron chi connectivity index (χ0n) is 16.3. The van der Waals surface area contributed by atoms with Gasteiger partial charge in [-0.2, -0.15) is 9.78 Å². The zero-order valence-corrected chi connectivity index (χ0v) is 17.9. The fourth-order valence-corrected chi connectivity index (χ4v) is 3.14. The number of nitro groups is 1. The molecule has 0 saturated heterocycles. The Morgan fingerprint density at radius 1 is 1.30 bits per heavy atom. The quantitative estimate of drug-likeness (QED) is 0.182. The molecule has 9 nitrogen and oxygen atoms in total. The summed E-state index contributed by atoms with van der Waals surface area (Å²) in [6.45, 7) is 4.93. The van der Waals surface area contributed by atoms with Crippen molar-refractivity contribution in [3.63, 3.8) is 0 Å². The maximum Gasteiger partial charge on any atom is 0.312 e. The maximum absolute atomic E-state index is 13.0. The highest BCUT2D eigenvalue weighted by atomic mass is 79.9. The van der Waals surface area contributed by atoms with E-state index in [1.165, 1.54) is 29.1 Å². The molecule has 0 unspecified atom stereocenters. The molecule has 3 rings (SSSR count). The summed E-state index contributed by atoms with van der Waals surface area (Å²) < 4.78 is 6.78. The third kappa shape index (κ3) is 4.43. The normalized spacial score (nSPS) is 11.4. The van der Waals surface area contributed by atoms with E-state index in [0.29, 0.717) is 22.3 Å². The fraction of sp³-hybridized carbons (Fsp3) is 0.200. The molecule has 0 atom stereocenters. The molecule has 0 amide bonds. The van der Waals surface area contributed by atoms with Crippen molar-refractivity contribution in [2.24, 2.45) is 5.10 Å². The van der Waals surface area contributed by atoms with E-state index in [-0.39, 0.29) is 22.9 Å². The molecule has 2 aromatic carbocycles. The van der Waals surface area contributed by atoms with E-state index in [0.717, 1.165) is 11.4 Å². The molecule has 0 spiro atoms. The first-order chi connectivity index (χ1) is 14.2. The van der Waals surface area contributed by atoms with Crippen molar-refractivity contribution in [1.82, 2.24) is 9.66 Å². The lowest BCUT2D eigenvalue weighted by Gasteiger charge is -2.12. The number of hydrogen-bond acceptors (Lipinski definition) is 7. The van der Waals surface area contributed by atoms with Crippen LogP contribution in [0.5, 0.6) is 5.75 Å². The minimum atomic E-state index is -0.666. The summed E-state index contributed by atoms with van der Waals surface area (Å²) in [6, 6.07) is 9.24. The third-order valence-corrected chi connectivity index (χ3v) is 4.60. The van der Waals surface area contributed by atoms with Crippen LogP contribution in [-0.2, 0) is 4.79 Å². The van der Waals surface area contributed by atoms with Crippen LogP contribution < -0.4 is 10.3 Å². The number of hydrogen-bond donors (Lipinski definition) is 0. The lowest BCUT2D eigenvalue weighted by atomic mass is 10.2. The zero-order chi connectivity index (χ0) is 22.0. The lowest BCUT2D eigenvalue weighted by Crippen LogP contribution is -2.23. The summed E-state index contributed by atoms with van der Waals surface area (Å²) >= 11 is 3.35. The molecule has 154 valence electrons. The number of halogens is 1. The topological polar surface area (TPSA) is 117 Å². The Balaban J connectivity index is 2.11. The Morgan fingerprint density at radius 2 is 2.03 bits per heavy atom. The molecule has 1 aromatic heterocycles. The summed E-state index contributed by atoms with van der Waals surface area (Å²) in [5.41, 5.74) is 0.173. The lowest BCUT2D eigenvalue weighted by molar-refractivity contribution is -0.385. The van der Waals surface area contributed by atoms with Crippen molar-refractivity contribution in [2.45, 2.75) is 26.7 Å². The van der Waals surface area contributed by atoms with Gasteiger partial charge in [-0.15, -0.1) is 0 Å². The van der Waals surface area contributed by atoms with E-state index in [1.54, 1.807) is 18.2 Å². The third-order valence-electron chi connectivity index (χ3n) is 4.11. The van der Waals surface area contributed by atoms with Crippen LogP contribution in [0.15, 0.2) is 50.8 Å². The van der Waals surface area contributed by atoms with Crippen LogP contribution in [0.3, 0.4) is 0 Å². The number of carbonyl (C=O) groups is 1. The van der Waals surface area contributed by atoms with Crippen molar-refractivity contribution in [2.75, 3.05) is 0 Å². The van der Waals surface area contributed by atoms with Gasteiger partial charge in [0.1, 0.15) is 5.82 Å². The van der Waals surface area contributed by atoms with E-state index in [1.807, 2.05) is 13.8 Å². The summed E-state index contributed by atoms with van der Waals surface area (Å²) in [4.78, 5) is 39.3. The van der Waals surface area contributed by atoms with E-state index in [4.69, 9.17) is 4.74 Å². The van der Waals surface area contributed by atoms with Crippen LogP contribution in [0.4, 0.5) is 5.69 Å². The Hall–Kier alpha value is -3.40. The van der Waals surface area contributed by atoms with Crippen molar-refractivity contribution in [3.8, 4) is 5.75 Å². The molecular weight excluding hydrogens is 456 g/mol. The molecular formula is C20H17BrN4O5. The number of ether oxygens (including phenoxy) is 1. The van der Waals surface area contributed by atoms with Gasteiger partial charge in [0.2, 0.25) is 5.75 Å². The van der Waals surface area contributed by atoms with Crippen LogP contribution in [-0.4, -0.2) is 26.8 Å². The predicted octanol–water partition coefficient (Wildman–Crippen LogP) is 4.00. The van der Waals surface area contributed by atoms with Gasteiger partial charge in [0.25, 0.3) is 5.56 Å². The van der Waals surface area contributed by atoms with E-state index in [9.17, 15) is 19.7 Å². The monoisotopic (exact) mass is 472 g/mol. The van der Waals surface area contributed by atoms with Gasteiger partial charge in [-0.05, 0) is 30.3 Å². The molecule has 0 aliphatic heterocycles. The second kappa shape index (κ2) is 8.54. The molecule has 3 aromatic rings. The molecule has 0 fully saturated rings. The molecule has 10 heteroatoms. The molecule has 1 heterocycles. The van der Waals surface area contributed by atoms with E-state index in [2.05, 4.69) is 26.0 Å². The number of nitro benzene ring substituents is 1. The molecule has 0 aliphatic carbocycles. The van der Waals surface area contributed by atoms with Crippen molar-refractivity contribution < 1.29 is 14.5 Å².